The van der Waals surface area contributed by atoms with Crippen LogP contribution in [-0.4, -0.2) is 31.4 Å². The first kappa shape index (κ1) is 10.5. The molecule has 0 amide bonds. The summed E-state index contributed by atoms with van der Waals surface area (Å²) in [6, 6.07) is 0. The topological polar surface area (TPSA) is 50.9 Å². The van der Waals surface area contributed by atoms with Crippen molar-refractivity contribution in [1.29, 1.82) is 0 Å². The van der Waals surface area contributed by atoms with E-state index in [-0.39, 0.29) is 6.61 Å². The third-order valence-electron chi connectivity index (χ3n) is 1.70. The Morgan fingerprint density at radius 2 is 2.46 bits per heavy atom. The highest BCUT2D eigenvalue weighted by molar-refractivity contribution is 7.99. The standard InChI is InChI=1S/C8H15N3OS/c1-2-13-5-3-4-11-8(6-12)9-7-10-11/h7,12H,2-6H2,1H3. The van der Waals surface area contributed by atoms with Gasteiger partial charge in [0.15, 0.2) is 5.82 Å². The van der Waals surface area contributed by atoms with Crippen molar-refractivity contribution in [3.05, 3.63) is 12.2 Å². The Labute approximate surface area is 82.4 Å². The fourth-order valence-corrected chi connectivity index (χ4v) is 1.68. The quantitative estimate of drug-likeness (QED) is 0.695. The average Bonchev–Trinajstić information content (AvgIpc) is 2.60. The Kier molecular flexibility index (Phi) is 4.85. The molecule has 0 atom stereocenters. The maximum atomic E-state index is 8.88. The van der Waals surface area contributed by atoms with Gasteiger partial charge in [-0.05, 0) is 17.9 Å². The Bertz CT molecular complexity index is 239. The van der Waals surface area contributed by atoms with Gasteiger partial charge in [-0.15, -0.1) is 0 Å². The van der Waals surface area contributed by atoms with Crippen molar-refractivity contribution in [1.82, 2.24) is 14.8 Å². The zero-order valence-corrected chi connectivity index (χ0v) is 8.63. The maximum absolute atomic E-state index is 8.88. The van der Waals surface area contributed by atoms with Crippen LogP contribution in [-0.2, 0) is 13.2 Å². The second-order valence-electron chi connectivity index (χ2n) is 2.61. The summed E-state index contributed by atoms with van der Waals surface area (Å²) in [6.07, 6.45) is 2.56. The number of aromatic nitrogens is 3. The summed E-state index contributed by atoms with van der Waals surface area (Å²) in [7, 11) is 0. The van der Waals surface area contributed by atoms with Crippen LogP contribution in [0.1, 0.15) is 19.2 Å². The van der Waals surface area contributed by atoms with E-state index in [2.05, 4.69) is 17.0 Å². The van der Waals surface area contributed by atoms with Gasteiger partial charge in [0.05, 0.1) is 0 Å². The van der Waals surface area contributed by atoms with E-state index in [1.807, 2.05) is 11.8 Å². The average molecular weight is 201 g/mol. The van der Waals surface area contributed by atoms with Crippen LogP contribution >= 0.6 is 11.8 Å². The smallest absolute Gasteiger partial charge is 0.152 e. The van der Waals surface area contributed by atoms with E-state index in [9.17, 15) is 0 Å². The number of thioether (sulfide) groups is 1. The minimum atomic E-state index is -0.0269. The summed E-state index contributed by atoms with van der Waals surface area (Å²) in [6.45, 7) is 2.98. The molecule has 0 aromatic carbocycles. The zero-order valence-electron chi connectivity index (χ0n) is 7.81. The van der Waals surface area contributed by atoms with Crippen LogP contribution in [0.5, 0.6) is 0 Å². The predicted octanol–water partition coefficient (Wildman–Crippen LogP) is 0.914. The maximum Gasteiger partial charge on any atom is 0.152 e. The fourth-order valence-electron chi connectivity index (χ4n) is 1.06. The SMILES string of the molecule is CCSCCCn1ncnc1CO. The molecular weight excluding hydrogens is 186 g/mol. The first-order chi connectivity index (χ1) is 6.38. The molecule has 74 valence electrons. The molecule has 1 heterocycles. The third-order valence-corrected chi connectivity index (χ3v) is 2.69. The lowest BCUT2D eigenvalue weighted by atomic mass is 10.5. The molecule has 0 saturated carbocycles. The van der Waals surface area contributed by atoms with E-state index in [0.717, 1.165) is 24.5 Å². The van der Waals surface area contributed by atoms with Crippen LogP contribution in [0.2, 0.25) is 0 Å². The molecule has 0 aliphatic carbocycles. The Morgan fingerprint density at radius 1 is 1.62 bits per heavy atom. The minimum Gasteiger partial charge on any atom is -0.388 e. The van der Waals surface area contributed by atoms with Gasteiger partial charge in [0, 0.05) is 6.54 Å². The lowest BCUT2D eigenvalue weighted by Crippen LogP contribution is -2.06. The highest BCUT2D eigenvalue weighted by Gasteiger charge is 2.00. The molecule has 0 unspecified atom stereocenters. The normalized spacial score (nSPS) is 10.6. The molecule has 1 aromatic rings. The molecule has 13 heavy (non-hydrogen) atoms. The summed E-state index contributed by atoms with van der Waals surface area (Å²) in [5.74, 6) is 2.95. The number of hydrogen-bond donors (Lipinski definition) is 1. The lowest BCUT2D eigenvalue weighted by molar-refractivity contribution is 0.262. The largest absolute Gasteiger partial charge is 0.388 e. The molecule has 1 N–H and O–H groups in total. The van der Waals surface area contributed by atoms with Crippen LogP contribution < -0.4 is 0 Å². The summed E-state index contributed by atoms with van der Waals surface area (Å²) in [5, 5.41) is 12.9. The highest BCUT2D eigenvalue weighted by atomic mass is 32.2. The number of aliphatic hydroxyl groups is 1. The second-order valence-corrected chi connectivity index (χ2v) is 4.00. The molecule has 0 radical (unpaired) electrons. The van der Waals surface area contributed by atoms with Crippen molar-refractivity contribution in [3.63, 3.8) is 0 Å². The molecule has 1 rings (SSSR count). The van der Waals surface area contributed by atoms with Crippen LogP contribution in [0, 0.1) is 0 Å². The Hall–Kier alpha value is -0.550. The molecule has 4 nitrogen and oxygen atoms in total. The summed E-state index contributed by atoms with van der Waals surface area (Å²) in [4.78, 5) is 3.93. The van der Waals surface area contributed by atoms with E-state index in [1.54, 1.807) is 4.68 Å². The number of rotatable bonds is 6. The number of aliphatic hydroxyl groups excluding tert-OH is 1. The van der Waals surface area contributed by atoms with Gasteiger partial charge in [0.2, 0.25) is 0 Å². The third kappa shape index (κ3) is 3.36. The summed E-state index contributed by atoms with van der Waals surface area (Å²) < 4.78 is 1.76. The molecular formula is C8H15N3OS. The van der Waals surface area contributed by atoms with Gasteiger partial charge in [-0.3, -0.25) is 0 Å². The van der Waals surface area contributed by atoms with Gasteiger partial charge in [-0.25, -0.2) is 9.67 Å². The van der Waals surface area contributed by atoms with Gasteiger partial charge in [0.1, 0.15) is 12.9 Å². The molecule has 0 fully saturated rings. The monoisotopic (exact) mass is 201 g/mol. The molecule has 1 aromatic heterocycles. The number of aryl methyl sites for hydroxylation is 1. The van der Waals surface area contributed by atoms with E-state index in [0.29, 0.717) is 5.82 Å². The van der Waals surface area contributed by atoms with Crippen molar-refractivity contribution < 1.29 is 5.11 Å². The molecule has 5 heteroatoms. The van der Waals surface area contributed by atoms with Crippen molar-refractivity contribution in [2.24, 2.45) is 0 Å². The first-order valence-corrected chi connectivity index (χ1v) is 5.59. The van der Waals surface area contributed by atoms with Crippen LogP contribution in [0.3, 0.4) is 0 Å². The van der Waals surface area contributed by atoms with E-state index in [1.165, 1.54) is 6.33 Å². The summed E-state index contributed by atoms with van der Waals surface area (Å²) in [5.41, 5.74) is 0. The van der Waals surface area contributed by atoms with E-state index in [4.69, 9.17) is 5.11 Å². The molecule has 0 saturated heterocycles. The Balaban J connectivity index is 2.27. The minimum absolute atomic E-state index is 0.0269. The number of hydrogen-bond acceptors (Lipinski definition) is 4. The highest BCUT2D eigenvalue weighted by Crippen LogP contribution is 2.03. The lowest BCUT2D eigenvalue weighted by Gasteiger charge is -2.02. The summed E-state index contributed by atoms with van der Waals surface area (Å²) >= 11 is 1.92. The molecule has 0 aliphatic heterocycles. The Morgan fingerprint density at radius 3 is 3.15 bits per heavy atom. The number of nitrogens with zero attached hydrogens (tertiary/aromatic N) is 3. The van der Waals surface area contributed by atoms with Gasteiger partial charge in [-0.1, -0.05) is 6.92 Å². The van der Waals surface area contributed by atoms with Crippen LogP contribution in [0.15, 0.2) is 6.33 Å². The van der Waals surface area contributed by atoms with Crippen molar-refractivity contribution in [2.45, 2.75) is 26.5 Å². The van der Waals surface area contributed by atoms with Gasteiger partial charge in [-0.2, -0.15) is 16.9 Å². The zero-order chi connectivity index (χ0) is 9.52. The van der Waals surface area contributed by atoms with Crippen molar-refractivity contribution in [3.8, 4) is 0 Å². The van der Waals surface area contributed by atoms with Crippen LogP contribution in [0.25, 0.3) is 0 Å². The van der Waals surface area contributed by atoms with E-state index >= 15 is 0 Å². The molecule has 0 spiro atoms. The fraction of sp³-hybridized carbons (Fsp3) is 0.750. The van der Waals surface area contributed by atoms with Crippen molar-refractivity contribution in [2.75, 3.05) is 11.5 Å². The second kappa shape index (κ2) is 5.99. The van der Waals surface area contributed by atoms with Gasteiger partial charge < -0.3 is 5.11 Å². The van der Waals surface area contributed by atoms with Crippen molar-refractivity contribution >= 4 is 11.8 Å². The van der Waals surface area contributed by atoms with Crippen LogP contribution in [0.4, 0.5) is 0 Å². The molecule has 0 bridgehead atoms. The first-order valence-electron chi connectivity index (χ1n) is 4.43. The van der Waals surface area contributed by atoms with Gasteiger partial charge in [0.25, 0.3) is 0 Å². The van der Waals surface area contributed by atoms with E-state index < -0.39 is 0 Å². The van der Waals surface area contributed by atoms with Gasteiger partial charge >= 0.3 is 0 Å². The predicted molar refractivity (Wildman–Crippen MR) is 53.6 cm³/mol. The molecule has 0 aliphatic rings.